The van der Waals surface area contributed by atoms with Crippen LogP contribution in [0.2, 0.25) is 0 Å². The van der Waals surface area contributed by atoms with E-state index < -0.39 is 11.5 Å². The Morgan fingerprint density at radius 3 is 2.06 bits per heavy atom. The molecule has 1 aromatic heterocycles. The molecule has 1 fully saturated rings. The summed E-state index contributed by atoms with van der Waals surface area (Å²) >= 11 is 5.95. The molecule has 1 aliphatic carbocycles. The van der Waals surface area contributed by atoms with Crippen LogP contribution in [0.1, 0.15) is 79.7 Å². The van der Waals surface area contributed by atoms with Crippen LogP contribution < -0.4 is 5.32 Å². The second kappa shape index (κ2) is 17.4. The number of thiol groups is 1. The van der Waals surface area contributed by atoms with Crippen molar-refractivity contribution in [1.82, 2.24) is 5.32 Å². The van der Waals surface area contributed by atoms with Crippen LogP contribution in [0.5, 0.6) is 0 Å². The molecule has 1 aliphatic rings. The molecule has 7 heteroatoms. The number of carboxylic acid groups (broad SMARTS) is 1. The Morgan fingerprint density at radius 1 is 1.11 bits per heavy atom. The van der Waals surface area contributed by atoms with E-state index in [4.69, 9.17) is 5.11 Å². The topological polar surface area (TPSA) is 83.5 Å². The van der Waals surface area contributed by atoms with Crippen LogP contribution in [0.4, 0.5) is 0 Å². The molecule has 5 nitrogen and oxygen atoms in total. The largest absolute Gasteiger partial charge is 0.481 e. The van der Waals surface area contributed by atoms with E-state index in [1.807, 2.05) is 24.3 Å². The van der Waals surface area contributed by atoms with Crippen LogP contribution in [0, 0.1) is 11.8 Å². The van der Waals surface area contributed by atoms with Crippen molar-refractivity contribution in [1.29, 1.82) is 0 Å². The van der Waals surface area contributed by atoms with Gasteiger partial charge in [-0.3, -0.25) is 14.4 Å². The lowest BCUT2D eigenvalue weighted by Crippen LogP contribution is -2.47. The van der Waals surface area contributed by atoms with Gasteiger partial charge in [-0.1, -0.05) is 78.6 Å². The predicted octanol–water partition coefficient (Wildman–Crippen LogP) is 7.30. The van der Waals surface area contributed by atoms with Crippen molar-refractivity contribution < 1.29 is 19.5 Å². The van der Waals surface area contributed by atoms with Gasteiger partial charge in [0.2, 0.25) is 6.41 Å². The van der Waals surface area contributed by atoms with Crippen LogP contribution in [-0.2, 0) is 20.8 Å². The van der Waals surface area contributed by atoms with Gasteiger partial charge in [-0.15, -0.1) is 0 Å². The van der Waals surface area contributed by atoms with Gasteiger partial charge in [0, 0.05) is 5.25 Å². The first kappa shape index (κ1) is 33.9. The van der Waals surface area contributed by atoms with Crippen molar-refractivity contribution in [3.05, 3.63) is 46.7 Å². The Balaban J connectivity index is 0.000000558. The first-order valence-corrected chi connectivity index (χ1v) is 13.8. The summed E-state index contributed by atoms with van der Waals surface area (Å²) in [7, 11) is 0. The zero-order valence-electron chi connectivity index (χ0n) is 21.6. The van der Waals surface area contributed by atoms with E-state index in [1.54, 1.807) is 25.2 Å². The zero-order chi connectivity index (χ0) is 26.4. The molecular formula is C29H45NO4S2. The molecule has 3 atom stereocenters. The number of aliphatic carboxylic acids is 1. The lowest BCUT2D eigenvalue weighted by atomic mass is 9.93. The molecule has 1 saturated carbocycles. The van der Waals surface area contributed by atoms with Gasteiger partial charge in [-0.05, 0) is 65.6 Å². The number of carbonyl (C=O) groups is 3. The third-order valence-electron chi connectivity index (χ3n) is 6.71. The molecule has 2 aromatic rings. The second-order valence-corrected chi connectivity index (χ2v) is 11.0. The fourth-order valence-electron chi connectivity index (χ4n) is 3.73. The number of Topliss-reactive ketones (excluding diaryl/α,β-unsaturated/α-hetero) is 1. The number of benzene rings is 1. The molecule has 0 spiro atoms. The molecule has 3 rings (SSSR count). The maximum atomic E-state index is 11.1. The minimum atomic E-state index is -0.744. The fourth-order valence-corrected chi connectivity index (χ4v) is 4.61. The average Bonchev–Trinajstić information content (AvgIpc) is 3.53. The van der Waals surface area contributed by atoms with Crippen molar-refractivity contribution in [3.8, 4) is 11.1 Å². The number of carbonyl (C=O) groups excluding carboxylic acids is 2. The Labute approximate surface area is 227 Å². The quantitative estimate of drug-likeness (QED) is 0.232. The molecule has 0 bridgehead atoms. The Kier molecular flexibility index (Phi) is 16.3. The summed E-state index contributed by atoms with van der Waals surface area (Å²) in [6.45, 7) is 9.82. The Morgan fingerprint density at radius 2 is 1.69 bits per heavy atom. The van der Waals surface area contributed by atoms with E-state index in [9.17, 15) is 14.4 Å². The summed E-state index contributed by atoms with van der Waals surface area (Å²) in [4.78, 5) is 32.1. The summed E-state index contributed by atoms with van der Waals surface area (Å²) in [5.41, 5.74) is 2.95. The molecule has 3 unspecified atom stereocenters. The molecular weight excluding hydrogens is 490 g/mol. The monoisotopic (exact) mass is 535 g/mol. The Bertz CT molecular complexity index is 889. The van der Waals surface area contributed by atoms with Gasteiger partial charge in [0.05, 0.1) is 11.5 Å². The molecule has 0 aliphatic heterocycles. The lowest BCUT2D eigenvalue weighted by Gasteiger charge is -2.24. The molecule has 1 aromatic carbocycles. The SMILES string of the molecule is C.CC(=O)C1(NC=O)CCCC1.CC(Cc1ccc(-c2ccsc2)cc1)C(=O)O.CCC(C)C(C)S. The number of nitrogens with one attached hydrogen (secondary N) is 1. The number of rotatable bonds is 9. The van der Waals surface area contributed by atoms with Gasteiger partial charge in [0.1, 0.15) is 0 Å². The van der Waals surface area contributed by atoms with Gasteiger partial charge in [0.15, 0.2) is 5.78 Å². The molecule has 1 heterocycles. The first-order chi connectivity index (χ1) is 16.6. The van der Waals surface area contributed by atoms with E-state index in [0.717, 1.165) is 37.2 Å². The predicted molar refractivity (Wildman–Crippen MR) is 156 cm³/mol. The van der Waals surface area contributed by atoms with Crippen LogP contribution in [0.3, 0.4) is 0 Å². The summed E-state index contributed by atoms with van der Waals surface area (Å²) in [6, 6.07) is 10.2. The smallest absolute Gasteiger partial charge is 0.306 e. The number of ketones is 1. The van der Waals surface area contributed by atoms with Crippen molar-refractivity contribution in [2.24, 2.45) is 11.8 Å². The standard InChI is InChI=1S/C14H14O2S.C8H13NO2.C6H14S.CH4/c1-10(14(15)16)8-11-2-4-12(5-3-11)13-6-7-17-9-13;1-7(11)8(9-6-10)4-2-3-5-8;1-4-5(2)6(3)7;/h2-7,9-10H,8H2,1H3,(H,15,16);6H,2-5H2,1H3,(H,9,10);5-7H,4H2,1-3H3;1H4. The lowest BCUT2D eigenvalue weighted by molar-refractivity contribution is -0.141. The van der Waals surface area contributed by atoms with Gasteiger partial charge in [0.25, 0.3) is 0 Å². The van der Waals surface area contributed by atoms with Crippen LogP contribution in [0.15, 0.2) is 41.1 Å². The van der Waals surface area contributed by atoms with E-state index >= 15 is 0 Å². The van der Waals surface area contributed by atoms with Crippen molar-refractivity contribution in [2.45, 2.75) is 91.4 Å². The van der Waals surface area contributed by atoms with Crippen molar-refractivity contribution >= 4 is 42.1 Å². The first-order valence-electron chi connectivity index (χ1n) is 12.3. The van der Waals surface area contributed by atoms with E-state index in [-0.39, 0.29) is 19.1 Å². The highest BCUT2D eigenvalue weighted by Gasteiger charge is 2.37. The van der Waals surface area contributed by atoms with Crippen LogP contribution in [0.25, 0.3) is 11.1 Å². The van der Waals surface area contributed by atoms with E-state index in [1.165, 1.54) is 17.5 Å². The summed E-state index contributed by atoms with van der Waals surface area (Å²) in [5, 5.41) is 16.2. The normalized spacial score (nSPS) is 15.9. The third-order valence-corrected chi connectivity index (χ3v) is 7.90. The van der Waals surface area contributed by atoms with Gasteiger partial charge < -0.3 is 10.4 Å². The maximum Gasteiger partial charge on any atom is 0.306 e. The summed E-state index contributed by atoms with van der Waals surface area (Å²) < 4.78 is 0. The molecule has 0 saturated heterocycles. The average molecular weight is 536 g/mol. The Hall–Kier alpha value is -2.12. The number of thiophene rings is 1. The van der Waals surface area contributed by atoms with Crippen molar-refractivity contribution in [2.75, 3.05) is 0 Å². The minimum Gasteiger partial charge on any atom is -0.481 e. The number of carboxylic acids is 1. The molecule has 36 heavy (non-hydrogen) atoms. The van der Waals surface area contributed by atoms with Crippen LogP contribution in [-0.4, -0.2) is 34.1 Å². The van der Waals surface area contributed by atoms with Gasteiger partial charge in [-0.25, -0.2) is 0 Å². The highest BCUT2D eigenvalue weighted by atomic mass is 32.1. The number of amides is 1. The highest BCUT2D eigenvalue weighted by molar-refractivity contribution is 7.80. The van der Waals surface area contributed by atoms with E-state index in [0.29, 0.717) is 18.1 Å². The number of hydrogen-bond donors (Lipinski definition) is 3. The summed E-state index contributed by atoms with van der Waals surface area (Å²) in [6.07, 6.45) is 6.15. The zero-order valence-corrected chi connectivity index (χ0v) is 23.3. The van der Waals surface area contributed by atoms with Crippen molar-refractivity contribution in [3.63, 3.8) is 0 Å². The third kappa shape index (κ3) is 11.3. The van der Waals surface area contributed by atoms with Gasteiger partial charge >= 0.3 is 5.97 Å². The molecule has 0 radical (unpaired) electrons. The number of hydrogen-bond acceptors (Lipinski definition) is 5. The van der Waals surface area contributed by atoms with Gasteiger partial charge in [-0.2, -0.15) is 24.0 Å². The van der Waals surface area contributed by atoms with Crippen LogP contribution >= 0.6 is 24.0 Å². The summed E-state index contributed by atoms with van der Waals surface area (Å²) in [5.74, 6) is -0.223. The fraction of sp³-hybridized carbons (Fsp3) is 0.552. The van der Waals surface area contributed by atoms with E-state index in [2.05, 4.69) is 55.5 Å². The minimum absolute atomic E-state index is 0. The second-order valence-electron chi connectivity index (χ2n) is 9.39. The molecule has 1 amide bonds. The maximum absolute atomic E-state index is 11.1. The molecule has 2 N–H and O–H groups in total. The highest BCUT2D eigenvalue weighted by Crippen LogP contribution is 2.29. The molecule has 202 valence electrons.